The van der Waals surface area contributed by atoms with Crippen molar-refractivity contribution in [3.63, 3.8) is 0 Å². The van der Waals surface area contributed by atoms with Gasteiger partial charge < -0.3 is 15.1 Å². The second-order valence-corrected chi connectivity index (χ2v) is 8.81. The van der Waals surface area contributed by atoms with Crippen molar-refractivity contribution in [2.45, 2.75) is 31.8 Å². The zero-order valence-corrected chi connectivity index (χ0v) is 18.8. The lowest BCUT2D eigenvalue weighted by Crippen LogP contribution is -2.37. The normalized spacial score (nSPS) is 19.9. The quantitative estimate of drug-likeness (QED) is 0.727. The Hall–Kier alpha value is -2.37. The van der Waals surface area contributed by atoms with Crippen molar-refractivity contribution in [2.24, 2.45) is 5.92 Å². The fourth-order valence-electron chi connectivity index (χ4n) is 4.01. The summed E-state index contributed by atoms with van der Waals surface area (Å²) in [5, 5.41) is 3.88. The first-order valence-electron chi connectivity index (χ1n) is 10.3. The molecule has 1 aliphatic heterocycles. The van der Waals surface area contributed by atoms with E-state index in [1.165, 1.54) is 0 Å². The molecule has 1 saturated heterocycles. The molecule has 0 saturated carbocycles. The third-order valence-electron chi connectivity index (χ3n) is 5.80. The predicted molar refractivity (Wildman–Crippen MR) is 120 cm³/mol. The molecule has 3 rings (SSSR count). The highest BCUT2D eigenvalue weighted by molar-refractivity contribution is 6.30. The topological polar surface area (TPSA) is 52.7 Å². The smallest absolute Gasteiger partial charge is 0.226 e. The van der Waals surface area contributed by atoms with Crippen LogP contribution in [0.4, 0.5) is 0 Å². The van der Waals surface area contributed by atoms with Gasteiger partial charge in [-0.25, -0.2) is 0 Å². The summed E-state index contributed by atoms with van der Waals surface area (Å²) in [5.41, 5.74) is 3.16. The molecular formula is C24H30ClN3O2. The van der Waals surface area contributed by atoms with E-state index in [0.29, 0.717) is 5.02 Å². The van der Waals surface area contributed by atoms with Gasteiger partial charge in [0.05, 0.1) is 18.0 Å². The lowest BCUT2D eigenvalue weighted by molar-refractivity contribution is -0.128. The number of nitrogens with one attached hydrogen (secondary N) is 1. The van der Waals surface area contributed by atoms with Gasteiger partial charge in [-0.15, -0.1) is 0 Å². The summed E-state index contributed by atoms with van der Waals surface area (Å²) in [4.78, 5) is 29.6. The highest BCUT2D eigenvalue weighted by atomic mass is 35.5. The highest BCUT2D eigenvalue weighted by Crippen LogP contribution is 2.37. The SMILES string of the molecule is Cc1ccc(C2C(C(=O)NC(CCN(C)C)c3ccc(Cl)cc3)CC(=O)N2C)cc1. The Balaban J connectivity index is 1.82. The van der Waals surface area contributed by atoms with Crippen molar-refractivity contribution in [3.05, 3.63) is 70.2 Å². The molecule has 3 unspecified atom stereocenters. The summed E-state index contributed by atoms with van der Waals surface area (Å²) >= 11 is 6.04. The van der Waals surface area contributed by atoms with Crippen LogP contribution in [0.1, 0.15) is 41.6 Å². The van der Waals surface area contributed by atoms with E-state index in [2.05, 4.69) is 10.2 Å². The van der Waals surface area contributed by atoms with Gasteiger partial charge in [0.2, 0.25) is 11.8 Å². The third-order valence-corrected chi connectivity index (χ3v) is 6.05. The predicted octanol–water partition coefficient (Wildman–Crippen LogP) is 3.98. The van der Waals surface area contributed by atoms with Gasteiger partial charge in [0.1, 0.15) is 0 Å². The number of aryl methyl sites for hydroxylation is 1. The number of rotatable bonds is 7. The average molecular weight is 428 g/mol. The van der Waals surface area contributed by atoms with E-state index in [0.717, 1.165) is 29.7 Å². The van der Waals surface area contributed by atoms with Gasteiger partial charge in [0.15, 0.2) is 0 Å². The summed E-state index contributed by atoms with van der Waals surface area (Å²) in [6, 6.07) is 15.3. The van der Waals surface area contributed by atoms with Gasteiger partial charge in [-0.3, -0.25) is 9.59 Å². The van der Waals surface area contributed by atoms with Gasteiger partial charge in [-0.1, -0.05) is 53.6 Å². The molecule has 6 heteroatoms. The zero-order chi connectivity index (χ0) is 21.8. The maximum atomic E-state index is 13.4. The highest BCUT2D eigenvalue weighted by Gasteiger charge is 2.43. The molecule has 1 N–H and O–H groups in total. The number of amides is 2. The molecule has 5 nitrogen and oxygen atoms in total. The van der Waals surface area contributed by atoms with Crippen LogP contribution in [0, 0.1) is 12.8 Å². The first-order chi connectivity index (χ1) is 14.3. The van der Waals surface area contributed by atoms with Gasteiger partial charge in [0, 0.05) is 18.5 Å². The fraction of sp³-hybridized carbons (Fsp3) is 0.417. The number of likely N-dealkylation sites (tertiary alicyclic amines) is 1. The first kappa shape index (κ1) is 22.3. The molecular weight excluding hydrogens is 398 g/mol. The molecule has 0 bridgehead atoms. The van der Waals surface area contributed by atoms with E-state index in [-0.39, 0.29) is 30.3 Å². The number of hydrogen-bond donors (Lipinski definition) is 1. The molecule has 1 fully saturated rings. The Labute approximate surface area is 184 Å². The van der Waals surface area contributed by atoms with Gasteiger partial charge in [-0.05, 0) is 57.2 Å². The second-order valence-electron chi connectivity index (χ2n) is 8.38. The van der Waals surface area contributed by atoms with Crippen molar-refractivity contribution in [1.29, 1.82) is 0 Å². The monoisotopic (exact) mass is 427 g/mol. The Kier molecular flexibility index (Phi) is 7.16. The van der Waals surface area contributed by atoms with E-state index in [1.807, 2.05) is 69.6 Å². The van der Waals surface area contributed by atoms with E-state index in [4.69, 9.17) is 11.6 Å². The minimum absolute atomic E-state index is 0.00272. The molecule has 2 aromatic rings. The number of halogens is 1. The first-order valence-corrected chi connectivity index (χ1v) is 10.7. The molecule has 1 aliphatic rings. The molecule has 1 heterocycles. The number of hydrogen-bond acceptors (Lipinski definition) is 3. The molecule has 0 aromatic heterocycles. The van der Waals surface area contributed by atoms with E-state index in [1.54, 1.807) is 11.9 Å². The molecule has 2 amide bonds. The van der Waals surface area contributed by atoms with E-state index in [9.17, 15) is 9.59 Å². The van der Waals surface area contributed by atoms with Crippen molar-refractivity contribution >= 4 is 23.4 Å². The Morgan fingerprint density at radius 3 is 2.40 bits per heavy atom. The summed E-state index contributed by atoms with van der Waals surface area (Å²) in [6.07, 6.45) is 0.994. The van der Waals surface area contributed by atoms with Crippen LogP contribution in [0.2, 0.25) is 5.02 Å². The number of carbonyl (C=O) groups is 2. The summed E-state index contributed by atoms with van der Waals surface area (Å²) in [5.74, 6) is -0.506. The summed E-state index contributed by atoms with van der Waals surface area (Å²) < 4.78 is 0. The van der Waals surface area contributed by atoms with Crippen molar-refractivity contribution < 1.29 is 9.59 Å². The Morgan fingerprint density at radius 2 is 1.80 bits per heavy atom. The fourth-order valence-corrected chi connectivity index (χ4v) is 4.13. The van der Waals surface area contributed by atoms with E-state index < -0.39 is 5.92 Å². The molecule has 2 aromatic carbocycles. The Bertz CT molecular complexity index is 880. The summed E-state index contributed by atoms with van der Waals surface area (Å²) in [6.45, 7) is 2.86. The third kappa shape index (κ3) is 5.21. The van der Waals surface area contributed by atoms with Crippen LogP contribution in [-0.2, 0) is 9.59 Å². The lowest BCUT2D eigenvalue weighted by atomic mass is 9.91. The van der Waals surface area contributed by atoms with Gasteiger partial charge in [0.25, 0.3) is 0 Å². The van der Waals surface area contributed by atoms with Crippen molar-refractivity contribution in [3.8, 4) is 0 Å². The maximum Gasteiger partial charge on any atom is 0.226 e. The van der Waals surface area contributed by atoms with Gasteiger partial charge >= 0.3 is 0 Å². The van der Waals surface area contributed by atoms with Crippen LogP contribution in [0.25, 0.3) is 0 Å². The number of carbonyl (C=O) groups excluding carboxylic acids is 2. The largest absolute Gasteiger partial charge is 0.349 e. The minimum Gasteiger partial charge on any atom is -0.349 e. The molecule has 0 spiro atoms. The van der Waals surface area contributed by atoms with E-state index >= 15 is 0 Å². The second kappa shape index (κ2) is 9.63. The molecule has 0 radical (unpaired) electrons. The summed E-state index contributed by atoms with van der Waals surface area (Å²) in [7, 11) is 5.81. The van der Waals surface area contributed by atoms with Crippen molar-refractivity contribution in [1.82, 2.24) is 15.1 Å². The number of nitrogens with zero attached hydrogens (tertiary/aromatic N) is 2. The van der Waals surface area contributed by atoms with Crippen LogP contribution >= 0.6 is 11.6 Å². The van der Waals surface area contributed by atoms with Crippen LogP contribution in [0.5, 0.6) is 0 Å². The zero-order valence-electron chi connectivity index (χ0n) is 18.1. The van der Waals surface area contributed by atoms with Crippen LogP contribution < -0.4 is 5.32 Å². The molecule has 160 valence electrons. The van der Waals surface area contributed by atoms with Crippen molar-refractivity contribution in [2.75, 3.05) is 27.7 Å². The Morgan fingerprint density at radius 1 is 1.17 bits per heavy atom. The maximum absolute atomic E-state index is 13.4. The van der Waals surface area contributed by atoms with Crippen LogP contribution in [0.3, 0.4) is 0 Å². The van der Waals surface area contributed by atoms with Crippen LogP contribution in [0.15, 0.2) is 48.5 Å². The van der Waals surface area contributed by atoms with Crippen LogP contribution in [-0.4, -0.2) is 49.3 Å². The lowest BCUT2D eigenvalue weighted by Gasteiger charge is -2.27. The minimum atomic E-state index is -0.417. The number of benzene rings is 2. The standard InChI is InChI=1S/C24H30ClN3O2/c1-16-5-7-18(8-6-16)23-20(15-22(29)28(23)4)24(30)26-21(13-14-27(2)3)17-9-11-19(25)12-10-17/h5-12,20-21,23H,13-15H2,1-4H3,(H,26,30). The van der Waals surface area contributed by atoms with Gasteiger partial charge in [-0.2, -0.15) is 0 Å². The average Bonchev–Trinajstić information content (AvgIpc) is 3.01. The molecule has 3 atom stereocenters. The molecule has 30 heavy (non-hydrogen) atoms. The molecule has 0 aliphatic carbocycles.